The smallest absolute Gasteiger partial charge is 0.119 e. The summed E-state index contributed by atoms with van der Waals surface area (Å²) in [5.41, 5.74) is 0.621. The highest BCUT2D eigenvalue weighted by Gasteiger charge is 2.12. The monoisotopic (exact) mass is 222 g/mol. The van der Waals surface area contributed by atoms with E-state index in [1.54, 1.807) is 13.8 Å². The molecule has 0 unspecified atom stereocenters. The topological polar surface area (TPSA) is 29.5 Å². The summed E-state index contributed by atoms with van der Waals surface area (Å²) in [6.07, 6.45) is 0.638. The SMILES string of the molecule is CC(C)c1cccc(OCCC(C)(C)O)c1. The lowest BCUT2D eigenvalue weighted by atomic mass is 10.0. The molecule has 2 heteroatoms. The van der Waals surface area contributed by atoms with Gasteiger partial charge in [-0.3, -0.25) is 0 Å². The van der Waals surface area contributed by atoms with Crippen LogP contribution in [0.1, 0.15) is 45.6 Å². The molecule has 1 aromatic rings. The van der Waals surface area contributed by atoms with Crippen LogP contribution in [0.5, 0.6) is 5.75 Å². The van der Waals surface area contributed by atoms with Crippen LogP contribution in [0.25, 0.3) is 0 Å². The van der Waals surface area contributed by atoms with E-state index in [-0.39, 0.29) is 0 Å². The van der Waals surface area contributed by atoms with Crippen molar-refractivity contribution in [2.24, 2.45) is 0 Å². The van der Waals surface area contributed by atoms with E-state index < -0.39 is 5.60 Å². The maximum absolute atomic E-state index is 9.56. The van der Waals surface area contributed by atoms with E-state index in [4.69, 9.17) is 4.74 Å². The molecule has 0 bridgehead atoms. The van der Waals surface area contributed by atoms with Crippen molar-refractivity contribution in [2.75, 3.05) is 6.61 Å². The highest BCUT2D eigenvalue weighted by Crippen LogP contribution is 2.20. The van der Waals surface area contributed by atoms with Crippen LogP contribution in [0.3, 0.4) is 0 Å². The van der Waals surface area contributed by atoms with E-state index in [1.807, 2.05) is 12.1 Å². The molecule has 0 aliphatic carbocycles. The number of rotatable bonds is 5. The second-order valence-corrected chi connectivity index (χ2v) is 5.14. The van der Waals surface area contributed by atoms with Crippen LogP contribution in [-0.2, 0) is 0 Å². The van der Waals surface area contributed by atoms with Crippen LogP contribution in [0.4, 0.5) is 0 Å². The third kappa shape index (κ3) is 4.67. The molecule has 0 saturated heterocycles. The molecule has 0 atom stereocenters. The molecule has 2 nitrogen and oxygen atoms in total. The number of aliphatic hydroxyl groups is 1. The molecule has 0 amide bonds. The Bertz CT molecular complexity index is 324. The summed E-state index contributed by atoms with van der Waals surface area (Å²) < 4.78 is 5.61. The van der Waals surface area contributed by atoms with Gasteiger partial charge in [0.15, 0.2) is 0 Å². The molecule has 16 heavy (non-hydrogen) atoms. The van der Waals surface area contributed by atoms with Gasteiger partial charge in [0, 0.05) is 6.42 Å². The zero-order valence-electron chi connectivity index (χ0n) is 10.7. The van der Waals surface area contributed by atoms with Gasteiger partial charge < -0.3 is 9.84 Å². The molecular weight excluding hydrogens is 200 g/mol. The van der Waals surface area contributed by atoms with Gasteiger partial charge in [0.1, 0.15) is 5.75 Å². The van der Waals surface area contributed by atoms with Crippen LogP contribution in [0.2, 0.25) is 0 Å². The van der Waals surface area contributed by atoms with Gasteiger partial charge in [0.25, 0.3) is 0 Å². The standard InChI is InChI=1S/C14H22O2/c1-11(2)12-6-5-7-13(10-12)16-9-8-14(3,4)15/h5-7,10-11,15H,8-9H2,1-4H3. The van der Waals surface area contributed by atoms with Gasteiger partial charge in [-0.15, -0.1) is 0 Å². The van der Waals surface area contributed by atoms with Crippen LogP contribution in [-0.4, -0.2) is 17.3 Å². The maximum atomic E-state index is 9.56. The molecule has 90 valence electrons. The van der Waals surface area contributed by atoms with Crippen molar-refractivity contribution in [3.05, 3.63) is 29.8 Å². The molecule has 0 saturated carbocycles. The Balaban J connectivity index is 2.51. The van der Waals surface area contributed by atoms with Gasteiger partial charge in [-0.1, -0.05) is 26.0 Å². The number of hydrogen-bond acceptors (Lipinski definition) is 2. The molecule has 0 fully saturated rings. The number of benzene rings is 1. The minimum atomic E-state index is -0.657. The van der Waals surface area contributed by atoms with Crippen LogP contribution in [0.15, 0.2) is 24.3 Å². The molecule has 0 spiro atoms. The summed E-state index contributed by atoms with van der Waals surface area (Å²) in [5, 5.41) is 9.56. The first-order valence-corrected chi connectivity index (χ1v) is 5.83. The van der Waals surface area contributed by atoms with Crippen molar-refractivity contribution in [1.29, 1.82) is 0 Å². The first-order valence-electron chi connectivity index (χ1n) is 5.83. The zero-order chi connectivity index (χ0) is 12.2. The predicted octanol–water partition coefficient (Wildman–Crippen LogP) is 3.35. The Morgan fingerprint density at radius 3 is 2.56 bits per heavy atom. The maximum Gasteiger partial charge on any atom is 0.119 e. The Morgan fingerprint density at radius 1 is 1.31 bits per heavy atom. The highest BCUT2D eigenvalue weighted by molar-refractivity contribution is 5.30. The van der Waals surface area contributed by atoms with Crippen molar-refractivity contribution < 1.29 is 9.84 Å². The molecule has 0 aromatic heterocycles. The van der Waals surface area contributed by atoms with E-state index in [9.17, 15) is 5.11 Å². The lowest BCUT2D eigenvalue weighted by molar-refractivity contribution is 0.0553. The summed E-state index contributed by atoms with van der Waals surface area (Å²) in [5.74, 6) is 1.40. The average Bonchev–Trinajstić information content (AvgIpc) is 2.16. The lowest BCUT2D eigenvalue weighted by Crippen LogP contribution is -2.21. The summed E-state index contributed by atoms with van der Waals surface area (Å²) in [6, 6.07) is 8.13. The van der Waals surface area contributed by atoms with Crippen LogP contribution >= 0.6 is 0 Å². The van der Waals surface area contributed by atoms with E-state index in [1.165, 1.54) is 5.56 Å². The van der Waals surface area contributed by atoms with E-state index in [0.29, 0.717) is 18.9 Å². The minimum absolute atomic E-state index is 0.512. The molecular formula is C14H22O2. The molecule has 0 aliphatic heterocycles. The van der Waals surface area contributed by atoms with Gasteiger partial charge in [-0.2, -0.15) is 0 Å². The summed E-state index contributed by atoms with van der Waals surface area (Å²) in [6.45, 7) is 8.46. The molecule has 1 rings (SSSR count). The largest absolute Gasteiger partial charge is 0.493 e. The molecule has 0 radical (unpaired) electrons. The molecule has 0 aliphatic rings. The van der Waals surface area contributed by atoms with Crippen molar-refractivity contribution >= 4 is 0 Å². The summed E-state index contributed by atoms with van der Waals surface area (Å²) in [4.78, 5) is 0. The fraction of sp³-hybridized carbons (Fsp3) is 0.571. The zero-order valence-corrected chi connectivity index (χ0v) is 10.7. The fourth-order valence-electron chi connectivity index (χ4n) is 1.38. The quantitative estimate of drug-likeness (QED) is 0.828. The fourth-order valence-corrected chi connectivity index (χ4v) is 1.38. The van der Waals surface area contributed by atoms with Gasteiger partial charge in [-0.25, -0.2) is 0 Å². The lowest BCUT2D eigenvalue weighted by Gasteiger charge is -2.17. The van der Waals surface area contributed by atoms with Gasteiger partial charge in [0.2, 0.25) is 0 Å². The first kappa shape index (κ1) is 13.0. The van der Waals surface area contributed by atoms with Gasteiger partial charge in [-0.05, 0) is 37.5 Å². The number of ether oxygens (including phenoxy) is 1. The number of hydrogen-bond donors (Lipinski definition) is 1. The minimum Gasteiger partial charge on any atom is -0.493 e. The van der Waals surface area contributed by atoms with Gasteiger partial charge in [0.05, 0.1) is 12.2 Å². The van der Waals surface area contributed by atoms with Gasteiger partial charge >= 0.3 is 0 Å². The van der Waals surface area contributed by atoms with Crippen molar-refractivity contribution in [3.8, 4) is 5.75 Å². The van der Waals surface area contributed by atoms with Crippen molar-refractivity contribution in [3.63, 3.8) is 0 Å². The molecule has 1 aromatic carbocycles. The van der Waals surface area contributed by atoms with Crippen LogP contribution < -0.4 is 4.74 Å². The van der Waals surface area contributed by atoms with Crippen LogP contribution in [0, 0.1) is 0 Å². The third-order valence-electron chi connectivity index (χ3n) is 2.51. The highest BCUT2D eigenvalue weighted by atomic mass is 16.5. The van der Waals surface area contributed by atoms with Crippen molar-refractivity contribution in [2.45, 2.75) is 45.6 Å². The van der Waals surface area contributed by atoms with E-state index in [0.717, 1.165) is 5.75 Å². The Labute approximate surface area is 98.3 Å². The van der Waals surface area contributed by atoms with E-state index in [2.05, 4.69) is 26.0 Å². The Morgan fingerprint density at radius 2 is 2.00 bits per heavy atom. The molecule has 1 N–H and O–H groups in total. The Kier molecular flexibility index (Phi) is 4.36. The second-order valence-electron chi connectivity index (χ2n) is 5.14. The average molecular weight is 222 g/mol. The predicted molar refractivity (Wildman–Crippen MR) is 66.9 cm³/mol. The third-order valence-corrected chi connectivity index (χ3v) is 2.51. The second kappa shape index (κ2) is 5.35. The van der Waals surface area contributed by atoms with Crippen molar-refractivity contribution in [1.82, 2.24) is 0 Å². The normalized spacial score (nSPS) is 11.9. The first-order chi connectivity index (χ1) is 7.38. The molecule has 0 heterocycles. The summed E-state index contributed by atoms with van der Waals surface area (Å²) in [7, 11) is 0. The summed E-state index contributed by atoms with van der Waals surface area (Å²) >= 11 is 0. The Hall–Kier alpha value is -1.02. The van der Waals surface area contributed by atoms with E-state index >= 15 is 0 Å².